The first-order chi connectivity index (χ1) is 8.11. The number of methoxy groups -OCH3 is 1. The Morgan fingerprint density at radius 3 is 2.83 bits per heavy atom. The average molecular weight is 272 g/mol. The largest absolute Gasteiger partial charge is 0.493 e. The van der Waals surface area contributed by atoms with Gasteiger partial charge in [0.15, 0.2) is 11.5 Å². The lowest BCUT2D eigenvalue weighted by atomic mass is 10.0. The van der Waals surface area contributed by atoms with E-state index in [0.717, 1.165) is 17.6 Å². The average Bonchev–Trinajstić information content (AvgIpc) is 2.74. The van der Waals surface area contributed by atoms with Crippen LogP contribution in [0.2, 0.25) is 0 Å². The molecule has 1 heterocycles. The third kappa shape index (κ3) is 2.89. The van der Waals surface area contributed by atoms with E-state index in [1.165, 1.54) is 0 Å². The molecule has 4 nitrogen and oxygen atoms in total. The lowest BCUT2D eigenvalue weighted by Crippen LogP contribution is -2.10. The Morgan fingerprint density at radius 2 is 2.22 bits per heavy atom. The number of rotatable bonds is 4. The van der Waals surface area contributed by atoms with E-state index in [1.54, 1.807) is 7.11 Å². The summed E-state index contributed by atoms with van der Waals surface area (Å²) in [4.78, 5) is 0. The molecule has 0 saturated heterocycles. The van der Waals surface area contributed by atoms with Gasteiger partial charge in [0.05, 0.1) is 7.11 Å². The quantitative estimate of drug-likeness (QED) is 0.856. The van der Waals surface area contributed by atoms with Crippen LogP contribution >= 0.6 is 12.4 Å². The van der Waals surface area contributed by atoms with Gasteiger partial charge in [0.25, 0.3) is 0 Å². The lowest BCUT2D eigenvalue weighted by Gasteiger charge is -2.14. The van der Waals surface area contributed by atoms with Gasteiger partial charge in [0.2, 0.25) is 12.5 Å². The van der Waals surface area contributed by atoms with Gasteiger partial charge in [-0.1, -0.05) is 5.57 Å². The van der Waals surface area contributed by atoms with Gasteiger partial charge in [-0.15, -0.1) is 19.0 Å². The maximum atomic E-state index is 6.10. The highest BCUT2D eigenvalue weighted by molar-refractivity contribution is 5.85. The highest BCUT2D eigenvalue weighted by Gasteiger charge is 2.21. The van der Waals surface area contributed by atoms with E-state index < -0.39 is 0 Å². The molecule has 0 bridgehead atoms. The molecule has 5 heteroatoms. The summed E-state index contributed by atoms with van der Waals surface area (Å²) in [5.41, 5.74) is 8.12. The molecule has 0 aliphatic carbocycles. The van der Waals surface area contributed by atoms with Crippen LogP contribution in [0.5, 0.6) is 17.2 Å². The molecule has 0 spiro atoms. The van der Waals surface area contributed by atoms with Crippen LogP contribution < -0.4 is 19.9 Å². The Bertz CT molecular complexity index is 448. The molecule has 0 saturated carbocycles. The summed E-state index contributed by atoms with van der Waals surface area (Å²) in [5, 5.41) is 0. The molecule has 1 aromatic carbocycles. The number of benzene rings is 1. The molecular weight excluding hydrogens is 254 g/mol. The number of halogens is 1. The topological polar surface area (TPSA) is 53.7 Å². The summed E-state index contributed by atoms with van der Waals surface area (Å²) >= 11 is 0. The molecule has 2 N–H and O–H groups in total. The van der Waals surface area contributed by atoms with Crippen LogP contribution in [0.3, 0.4) is 0 Å². The summed E-state index contributed by atoms with van der Waals surface area (Å²) in [5.74, 6) is 2.00. The highest BCUT2D eigenvalue weighted by Crippen LogP contribution is 2.43. The Hall–Kier alpha value is -1.39. The first-order valence-corrected chi connectivity index (χ1v) is 5.49. The van der Waals surface area contributed by atoms with Crippen LogP contribution in [0.15, 0.2) is 24.3 Å². The van der Waals surface area contributed by atoms with Crippen molar-refractivity contribution in [1.29, 1.82) is 0 Å². The van der Waals surface area contributed by atoms with E-state index in [-0.39, 0.29) is 25.2 Å². The predicted octanol–water partition coefficient (Wildman–Crippen LogP) is 2.81. The standard InChI is InChI=1S/C13H17NO3.ClH/c1-8(2)4-10(14)9-5-11(15-3)13-12(6-9)16-7-17-13;/h5-6,10H,1,4,7,14H2,2-3H3;1H/t10-;/m0./s1. The van der Waals surface area contributed by atoms with Gasteiger partial charge in [0.1, 0.15) is 0 Å². The molecule has 1 aliphatic rings. The predicted molar refractivity (Wildman–Crippen MR) is 72.7 cm³/mol. The van der Waals surface area contributed by atoms with Crippen molar-refractivity contribution in [1.82, 2.24) is 0 Å². The van der Waals surface area contributed by atoms with Gasteiger partial charge < -0.3 is 19.9 Å². The molecule has 0 radical (unpaired) electrons. The van der Waals surface area contributed by atoms with Crippen LogP contribution in [0.25, 0.3) is 0 Å². The summed E-state index contributed by atoms with van der Waals surface area (Å²) in [7, 11) is 1.60. The van der Waals surface area contributed by atoms with Gasteiger partial charge in [-0.3, -0.25) is 0 Å². The Balaban J connectivity index is 0.00000162. The fraction of sp³-hybridized carbons (Fsp3) is 0.385. The van der Waals surface area contributed by atoms with Crippen molar-refractivity contribution in [2.75, 3.05) is 13.9 Å². The number of nitrogens with two attached hydrogens (primary N) is 1. The van der Waals surface area contributed by atoms with Crippen LogP contribution in [-0.4, -0.2) is 13.9 Å². The molecule has 1 atom stereocenters. The minimum absolute atomic E-state index is 0. The van der Waals surface area contributed by atoms with Gasteiger partial charge >= 0.3 is 0 Å². The summed E-state index contributed by atoms with van der Waals surface area (Å²) < 4.78 is 16.0. The molecular formula is C13H18ClNO3. The second kappa shape index (κ2) is 5.98. The van der Waals surface area contributed by atoms with E-state index in [2.05, 4.69) is 6.58 Å². The van der Waals surface area contributed by atoms with Crippen LogP contribution in [0.1, 0.15) is 24.9 Å². The third-order valence-electron chi connectivity index (χ3n) is 2.68. The molecule has 1 aromatic rings. The lowest BCUT2D eigenvalue weighted by molar-refractivity contribution is 0.171. The van der Waals surface area contributed by atoms with E-state index >= 15 is 0 Å². The van der Waals surface area contributed by atoms with Gasteiger partial charge in [-0.25, -0.2) is 0 Å². The monoisotopic (exact) mass is 271 g/mol. The molecule has 100 valence electrons. The first kappa shape index (κ1) is 14.7. The minimum Gasteiger partial charge on any atom is -0.493 e. The van der Waals surface area contributed by atoms with E-state index in [9.17, 15) is 0 Å². The zero-order chi connectivity index (χ0) is 12.4. The second-order valence-electron chi connectivity index (χ2n) is 4.22. The van der Waals surface area contributed by atoms with E-state index in [0.29, 0.717) is 17.2 Å². The van der Waals surface area contributed by atoms with Crippen molar-refractivity contribution in [2.24, 2.45) is 5.73 Å². The van der Waals surface area contributed by atoms with Crippen molar-refractivity contribution < 1.29 is 14.2 Å². The zero-order valence-electron chi connectivity index (χ0n) is 10.6. The third-order valence-corrected chi connectivity index (χ3v) is 2.68. The molecule has 0 fully saturated rings. The molecule has 0 unspecified atom stereocenters. The van der Waals surface area contributed by atoms with Gasteiger partial charge in [-0.2, -0.15) is 0 Å². The first-order valence-electron chi connectivity index (χ1n) is 5.49. The fourth-order valence-electron chi connectivity index (χ4n) is 1.86. The smallest absolute Gasteiger partial charge is 0.231 e. The zero-order valence-corrected chi connectivity index (χ0v) is 11.4. The van der Waals surface area contributed by atoms with Crippen LogP contribution in [-0.2, 0) is 0 Å². The molecule has 1 aliphatic heterocycles. The SMILES string of the molecule is C=C(C)C[C@H](N)c1cc(OC)c2c(c1)OCO2.Cl. The number of hydrogen-bond donors (Lipinski definition) is 1. The molecule has 18 heavy (non-hydrogen) atoms. The fourth-order valence-corrected chi connectivity index (χ4v) is 1.86. The van der Waals surface area contributed by atoms with E-state index in [4.69, 9.17) is 19.9 Å². The number of ether oxygens (including phenoxy) is 3. The summed E-state index contributed by atoms with van der Waals surface area (Å²) in [6.45, 7) is 6.06. The van der Waals surface area contributed by atoms with Crippen LogP contribution in [0.4, 0.5) is 0 Å². The van der Waals surface area contributed by atoms with Crippen molar-refractivity contribution in [2.45, 2.75) is 19.4 Å². The Morgan fingerprint density at radius 1 is 1.50 bits per heavy atom. The Labute approximate surface area is 113 Å². The summed E-state index contributed by atoms with van der Waals surface area (Å²) in [6.07, 6.45) is 0.739. The van der Waals surface area contributed by atoms with Crippen molar-refractivity contribution >= 4 is 12.4 Å². The number of fused-ring (bicyclic) bond motifs is 1. The maximum absolute atomic E-state index is 6.10. The van der Waals surface area contributed by atoms with Crippen LogP contribution in [0, 0.1) is 0 Å². The molecule has 0 aromatic heterocycles. The van der Waals surface area contributed by atoms with Gasteiger partial charge in [0, 0.05) is 6.04 Å². The second-order valence-corrected chi connectivity index (χ2v) is 4.22. The van der Waals surface area contributed by atoms with Gasteiger partial charge in [-0.05, 0) is 31.0 Å². The summed E-state index contributed by atoms with van der Waals surface area (Å²) in [6, 6.07) is 3.69. The number of hydrogen-bond acceptors (Lipinski definition) is 4. The molecule has 0 amide bonds. The van der Waals surface area contributed by atoms with Crippen molar-refractivity contribution in [3.8, 4) is 17.2 Å². The van der Waals surface area contributed by atoms with Crippen molar-refractivity contribution in [3.63, 3.8) is 0 Å². The van der Waals surface area contributed by atoms with E-state index in [1.807, 2.05) is 19.1 Å². The Kier molecular flexibility index (Phi) is 4.87. The normalized spacial score (nSPS) is 13.7. The molecule has 2 rings (SSSR count). The highest BCUT2D eigenvalue weighted by atomic mass is 35.5. The minimum atomic E-state index is -0.101. The van der Waals surface area contributed by atoms with Crippen molar-refractivity contribution in [3.05, 3.63) is 29.8 Å². The maximum Gasteiger partial charge on any atom is 0.231 e.